The molecule has 1 heterocycles. The van der Waals surface area contributed by atoms with E-state index >= 15 is 0 Å². The summed E-state index contributed by atoms with van der Waals surface area (Å²) in [4.78, 5) is 0. The second-order valence-electron chi connectivity index (χ2n) is 3.04. The first-order valence-corrected chi connectivity index (χ1v) is 4.63. The SMILES string of the molecule is Cn1cc(Nc2cccc(Cl)c2)cn1. The first-order valence-electron chi connectivity index (χ1n) is 4.25. The quantitative estimate of drug-likeness (QED) is 0.821. The summed E-state index contributed by atoms with van der Waals surface area (Å²) in [6.07, 6.45) is 3.67. The van der Waals surface area contributed by atoms with Crippen LogP contribution < -0.4 is 5.32 Å². The number of aromatic nitrogens is 2. The van der Waals surface area contributed by atoms with E-state index in [4.69, 9.17) is 11.6 Å². The van der Waals surface area contributed by atoms with Gasteiger partial charge in [0, 0.05) is 24.0 Å². The molecule has 3 nitrogen and oxygen atoms in total. The van der Waals surface area contributed by atoms with Gasteiger partial charge in [0.05, 0.1) is 11.9 Å². The molecular formula is C10H10ClN3. The molecule has 2 rings (SSSR count). The Kier molecular flexibility index (Phi) is 2.41. The van der Waals surface area contributed by atoms with Crippen molar-refractivity contribution in [2.24, 2.45) is 7.05 Å². The molecule has 14 heavy (non-hydrogen) atoms. The van der Waals surface area contributed by atoms with Gasteiger partial charge in [-0.1, -0.05) is 17.7 Å². The summed E-state index contributed by atoms with van der Waals surface area (Å²) in [5.41, 5.74) is 1.92. The molecule has 0 spiro atoms. The van der Waals surface area contributed by atoms with Crippen molar-refractivity contribution in [3.63, 3.8) is 0 Å². The Morgan fingerprint density at radius 2 is 2.21 bits per heavy atom. The fourth-order valence-corrected chi connectivity index (χ4v) is 1.41. The molecule has 0 atom stereocenters. The van der Waals surface area contributed by atoms with E-state index in [1.807, 2.05) is 37.5 Å². The van der Waals surface area contributed by atoms with Gasteiger partial charge in [-0.3, -0.25) is 4.68 Å². The number of hydrogen-bond donors (Lipinski definition) is 1. The highest BCUT2D eigenvalue weighted by Crippen LogP contribution is 2.19. The highest BCUT2D eigenvalue weighted by molar-refractivity contribution is 6.30. The molecule has 0 saturated carbocycles. The minimum absolute atomic E-state index is 0.721. The van der Waals surface area contributed by atoms with Gasteiger partial charge in [0.25, 0.3) is 0 Å². The molecule has 0 aliphatic rings. The molecule has 1 N–H and O–H groups in total. The van der Waals surface area contributed by atoms with Gasteiger partial charge in [-0.25, -0.2) is 0 Å². The maximum Gasteiger partial charge on any atom is 0.0770 e. The average molecular weight is 208 g/mol. The topological polar surface area (TPSA) is 29.9 Å². The lowest BCUT2D eigenvalue weighted by atomic mass is 10.3. The number of benzene rings is 1. The Hall–Kier alpha value is -1.48. The van der Waals surface area contributed by atoms with E-state index < -0.39 is 0 Å². The molecular weight excluding hydrogens is 198 g/mol. The van der Waals surface area contributed by atoms with Gasteiger partial charge in [0.1, 0.15) is 0 Å². The van der Waals surface area contributed by atoms with E-state index in [-0.39, 0.29) is 0 Å². The van der Waals surface area contributed by atoms with Crippen molar-refractivity contribution >= 4 is 23.0 Å². The third kappa shape index (κ3) is 2.06. The molecule has 1 aromatic heterocycles. The van der Waals surface area contributed by atoms with Crippen molar-refractivity contribution in [2.75, 3.05) is 5.32 Å². The number of nitrogens with one attached hydrogen (secondary N) is 1. The molecule has 2 aromatic rings. The zero-order valence-electron chi connectivity index (χ0n) is 7.74. The molecule has 72 valence electrons. The molecule has 0 amide bonds. The van der Waals surface area contributed by atoms with Gasteiger partial charge in [-0.05, 0) is 18.2 Å². The van der Waals surface area contributed by atoms with Crippen molar-refractivity contribution in [2.45, 2.75) is 0 Å². The maximum absolute atomic E-state index is 5.86. The molecule has 0 saturated heterocycles. The Morgan fingerprint density at radius 3 is 2.86 bits per heavy atom. The molecule has 0 bridgehead atoms. The molecule has 0 aliphatic carbocycles. The molecule has 4 heteroatoms. The second-order valence-corrected chi connectivity index (χ2v) is 3.47. The van der Waals surface area contributed by atoms with Gasteiger partial charge >= 0.3 is 0 Å². The highest BCUT2D eigenvalue weighted by Gasteiger charge is 1.96. The lowest BCUT2D eigenvalue weighted by Crippen LogP contribution is -1.88. The lowest BCUT2D eigenvalue weighted by Gasteiger charge is -2.02. The molecule has 0 unspecified atom stereocenters. The summed E-state index contributed by atoms with van der Waals surface area (Å²) >= 11 is 5.86. The zero-order valence-corrected chi connectivity index (χ0v) is 8.49. The second kappa shape index (κ2) is 3.72. The Labute approximate surface area is 87.3 Å². The molecule has 1 aromatic carbocycles. The maximum atomic E-state index is 5.86. The number of aryl methyl sites for hydroxylation is 1. The van der Waals surface area contributed by atoms with E-state index in [1.54, 1.807) is 10.9 Å². The summed E-state index contributed by atoms with van der Waals surface area (Å²) in [7, 11) is 1.88. The zero-order chi connectivity index (χ0) is 9.97. The van der Waals surface area contributed by atoms with E-state index in [1.165, 1.54) is 0 Å². The van der Waals surface area contributed by atoms with Crippen LogP contribution in [0.15, 0.2) is 36.7 Å². The van der Waals surface area contributed by atoms with Crippen LogP contribution in [0.4, 0.5) is 11.4 Å². The Balaban J connectivity index is 2.18. The number of hydrogen-bond acceptors (Lipinski definition) is 2. The third-order valence-electron chi connectivity index (χ3n) is 1.82. The summed E-state index contributed by atoms with van der Waals surface area (Å²) in [6, 6.07) is 7.57. The van der Waals surface area contributed by atoms with Crippen LogP contribution in [0.3, 0.4) is 0 Å². The van der Waals surface area contributed by atoms with E-state index in [2.05, 4.69) is 10.4 Å². The van der Waals surface area contributed by atoms with Crippen molar-refractivity contribution in [3.05, 3.63) is 41.7 Å². The van der Waals surface area contributed by atoms with Gasteiger partial charge in [0.15, 0.2) is 0 Å². The minimum atomic E-state index is 0.721. The monoisotopic (exact) mass is 207 g/mol. The van der Waals surface area contributed by atoms with Crippen molar-refractivity contribution in [1.29, 1.82) is 0 Å². The van der Waals surface area contributed by atoms with Crippen LogP contribution in [0.2, 0.25) is 5.02 Å². The van der Waals surface area contributed by atoms with Gasteiger partial charge < -0.3 is 5.32 Å². The van der Waals surface area contributed by atoms with Crippen LogP contribution in [-0.4, -0.2) is 9.78 Å². The van der Waals surface area contributed by atoms with Crippen LogP contribution in [-0.2, 0) is 7.05 Å². The largest absolute Gasteiger partial charge is 0.353 e. The van der Waals surface area contributed by atoms with Crippen LogP contribution in [0, 0.1) is 0 Å². The highest BCUT2D eigenvalue weighted by atomic mass is 35.5. The summed E-state index contributed by atoms with van der Waals surface area (Å²) in [6.45, 7) is 0. The molecule has 0 radical (unpaired) electrons. The Morgan fingerprint density at radius 1 is 1.36 bits per heavy atom. The molecule has 0 fully saturated rings. The lowest BCUT2D eigenvalue weighted by molar-refractivity contribution is 0.768. The van der Waals surface area contributed by atoms with Gasteiger partial charge in [0.2, 0.25) is 0 Å². The first-order chi connectivity index (χ1) is 6.74. The van der Waals surface area contributed by atoms with Crippen LogP contribution in [0.1, 0.15) is 0 Å². The number of rotatable bonds is 2. The van der Waals surface area contributed by atoms with Gasteiger partial charge in [-0.2, -0.15) is 5.10 Å². The van der Waals surface area contributed by atoms with Gasteiger partial charge in [-0.15, -0.1) is 0 Å². The summed E-state index contributed by atoms with van der Waals surface area (Å²) in [5.74, 6) is 0. The number of halogens is 1. The standard InChI is InChI=1S/C10H10ClN3/c1-14-7-10(6-12-14)13-9-4-2-3-8(11)5-9/h2-7,13H,1H3. The van der Waals surface area contributed by atoms with E-state index in [9.17, 15) is 0 Å². The minimum Gasteiger partial charge on any atom is -0.353 e. The third-order valence-corrected chi connectivity index (χ3v) is 2.05. The van der Waals surface area contributed by atoms with Crippen molar-refractivity contribution in [3.8, 4) is 0 Å². The smallest absolute Gasteiger partial charge is 0.0770 e. The van der Waals surface area contributed by atoms with Crippen LogP contribution in [0.25, 0.3) is 0 Å². The first kappa shape index (κ1) is 9.09. The average Bonchev–Trinajstić information content (AvgIpc) is 2.51. The van der Waals surface area contributed by atoms with Crippen molar-refractivity contribution < 1.29 is 0 Å². The summed E-state index contributed by atoms with van der Waals surface area (Å²) < 4.78 is 1.74. The van der Waals surface area contributed by atoms with Crippen LogP contribution in [0.5, 0.6) is 0 Å². The van der Waals surface area contributed by atoms with E-state index in [0.717, 1.165) is 16.4 Å². The van der Waals surface area contributed by atoms with Crippen molar-refractivity contribution in [1.82, 2.24) is 9.78 Å². The number of nitrogens with zero attached hydrogens (tertiary/aromatic N) is 2. The predicted molar refractivity (Wildman–Crippen MR) is 57.9 cm³/mol. The van der Waals surface area contributed by atoms with E-state index in [0.29, 0.717) is 0 Å². The molecule has 0 aliphatic heterocycles. The summed E-state index contributed by atoms with van der Waals surface area (Å²) in [5, 5.41) is 7.98. The predicted octanol–water partition coefficient (Wildman–Crippen LogP) is 2.82. The Bertz CT molecular complexity index is 436. The fraction of sp³-hybridized carbons (Fsp3) is 0.100. The van der Waals surface area contributed by atoms with Crippen LogP contribution >= 0.6 is 11.6 Å². The number of anilines is 2. The fourth-order valence-electron chi connectivity index (χ4n) is 1.22. The normalized spacial score (nSPS) is 10.1.